The number of rotatable bonds is 4. The molecule has 16 heavy (non-hydrogen) atoms. The minimum absolute atomic E-state index is 0.160. The van der Waals surface area contributed by atoms with E-state index in [4.69, 9.17) is 12.2 Å². The molecule has 3 N–H and O–H groups in total. The van der Waals surface area contributed by atoms with Crippen molar-refractivity contribution in [2.75, 3.05) is 0 Å². The monoisotopic (exact) mass is 224 g/mol. The molecule has 0 rings (SSSR count). The molecule has 0 aromatic rings. The van der Waals surface area contributed by atoms with Crippen molar-refractivity contribution in [2.45, 2.75) is 59.0 Å². The summed E-state index contributed by atoms with van der Waals surface area (Å²) in [5, 5.41) is 2.94. The number of terminal acetylenes is 1. The van der Waals surface area contributed by atoms with Crippen LogP contribution in [0.1, 0.15) is 47.5 Å². The summed E-state index contributed by atoms with van der Waals surface area (Å²) in [5.74, 6) is 2.22. The van der Waals surface area contributed by atoms with E-state index in [-0.39, 0.29) is 23.3 Å². The van der Waals surface area contributed by atoms with Crippen molar-refractivity contribution in [3.8, 4) is 12.3 Å². The molecule has 3 nitrogen and oxygen atoms in total. The van der Waals surface area contributed by atoms with Crippen LogP contribution in [0.5, 0.6) is 0 Å². The molecule has 0 aromatic heterocycles. The highest BCUT2D eigenvalue weighted by Gasteiger charge is 2.28. The minimum Gasteiger partial charge on any atom is -0.350 e. The SMILES string of the molecule is C#CCC(N)C(=O)NC(C)(C)CC(C)(C)C. The zero-order valence-corrected chi connectivity index (χ0v) is 11.1. The van der Waals surface area contributed by atoms with Crippen LogP contribution in [0.15, 0.2) is 0 Å². The summed E-state index contributed by atoms with van der Waals surface area (Å²) in [4.78, 5) is 11.7. The first-order valence-corrected chi connectivity index (χ1v) is 5.58. The van der Waals surface area contributed by atoms with Crippen LogP contribution < -0.4 is 11.1 Å². The zero-order chi connectivity index (χ0) is 13.0. The van der Waals surface area contributed by atoms with Crippen molar-refractivity contribution in [3.05, 3.63) is 0 Å². The lowest BCUT2D eigenvalue weighted by Crippen LogP contribution is -2.51. The first kappa shape index (κ1) is 15.0. The van der Waals surface area contributed by atoms with Crippen LogP contribution in [0.2, 0.25) is 0 Å². The molecular weight excluding hydrogens is 200 g/mol. The molecular formula is C13H24N2O. The Morgan fingerprint density at radius 3 is 2.25 bits per heavy atom. The van der Waals surface area contributed by atoms with E-state index < -0.39 is 6.04 Å². The molecule has 0 spiro atoms. The third-order valence-electron chi connectivity index (χ3n) is 2.11. The van der Waals surface area contributed by atoms with Crippen LogP contribution >= 0.6 is 0 Å². The third-order valence-corrected chi connectivity index (χ3v) is 2.11. The minimum atomic E-state index is -0.607. The van der Waals surface area contributed by atoms with Gasteiger partial charge in [-0.25, -0.2) is 0 Å². The molecule has 0 aliphatic heterocycles. The second kappa shape index (κ2) is 5.36. The molecule has 0 bridgehead atoms. The van der Waals surface area contributed by atoms with Gasteiger partial charge < -0.3 is 11.1 Å². The number of carbonyl (C=O) groups excluding carboxylic acids is 1. The molecule has 0 heterocycles. The number of nitrogens with one attached hydrogen (secondary N) is 1. The van der Waals surface area contributed by atoms with Crippen LogP contribution in [-0.2, 0) is 4.79 Å². The first-order valence-electron chi connectivity index (χ1n) is 5.58. The Morgan fingerprint density at radius 1 is 1.38 bits per heavy atom. The molecule has 92 valence electrons. The van der Waals surface area contributed by atoms with Gasteiger partial charge in [-0.3, -0.25) is 4.79 Å². The summed E-state index contributed by atoms with van der Waals surface area (Å²) in [6.07, 6.45) is 6.28. The average Bonchev–Trinajstić information content (AvgIpc) is 1.98. The Morgan fingerprint density at radius 2 is 1.88 bits per heavy atom. The number of hydrogen-bond acceptors (Lipinski definition) is 2. The van der Waals surface area contributed by atoms with Gasteiger partial charge in [-0.2, -0.15) is 0 Å². The van der Waals surface area contributed by atoms with Crippen molar-refractivity contribution in [2.24, 2.45) is 11.1 Å². The smallest absolute Gasteiger partial charge is 0.238 e. The van der Waals surface area contributed by atoms with Crippen molar-refractivity contribution in [1.82, 2.24) is 5.32 Å². The van der Waals surface area contributed by atoms with Gasteiger partial charge in [0, 0.05) is 12.0 Å². The topological polar surface area (TPSA) is 55.1 Å². The molecule has 0 radical (unpaired) electrons. The Kier molecular flexibility index (Phi) is 5.02. The van der Waals surface area contributed by atoms with E-state index in [0.717, 1.165) is 6.42 Å². The Balaban J connectivity index is 4.37. The predicted molar refractivity (Wildman–Crippen MR) is 67.7 cm³/mol. The van der Waals surface area contributed by atoms with Gasteiger partial charge in [0.05, 0.1) is 6.04 Å². The van der Waals surface area contributed by atoms with Crippen molar-refractivity contribution in [1.29, 1.82) is 0 Å². The standard InChI is InChI=1S/C13H24N2O/c1-7-8-10(14)11(16)15-13(5,6)9-12(2,3)4/h1,10H,8-9,14H2,2-6H3,(H,15,16). The van der Waals surface area contributed by atoms with Crippen molar-refractivity contribution < 1.29 is 4.79 Å². The van der Waals surface area contributed by atoms with Crippen LogP contribution in [0.3, 0.4) is 0 Å². The molecule has 0 aromatic carbocycles. The van der Waals surface area contributed by atoms with Crippen molar-refractivity contribution in [3.63, 3.8) is 0 Å². The average molecular weight is 224 g/mol. The molecule has 1 amide bonds. The van der Waals surface area contributed by atoms with Crippen LogP contribution in [0.25, 0.3) is 0 Å². The summed E-state index contributed by atoms with van der Waals surface area (Å²) in [7, 11) is 0. The third kappa shape index (κ3) is 6.47. The lowest BCUT2D eigenvalue weighted by molar-refractivity contribution is -0.124. The van der Waals surface area contributed by atoms with Gasteiger partial charge in [-0.05, 0) is 25.7 Å². The Bertz CT molecular complexity index is 281. The van der Waals surface area contributed by atoms with Gasteiger partial charge >= 0.3 is 0 Å². The maximum absolute atomic E-state index is 11.7. The number of hydrogen-bond donors (Lipinski definition) is 2. The quantitative estimate of drug-likeness (QED) is 0.714. The number of amides is 1. The van der Waals surface area contributed by atoms with Gasteiger partial charge in [-0.15, -0.1) is 12.3 Å². The number of carbonyl (C=O) groups is 1. The van der Waals surface area contributed by atoms with E-state index in [1.807, 2.05) is 13.8 Å². The molecule has 1 unspecified atom stereocenters. The fourth-order valence-corrected chi connectivity index (χ4v) is 2.02. The fraction of sp³-hybridized carbons (Fsp3) is 0.769. The van der Waals surface area contributed by atoms with Crippen LogP contribution in [0, 0.1) is 17.8 Å². The van der Waals surface area contributed by atoms with E-state index in [2.05, 4.69) is 32.0 Å². The lowest BCUT2D eigenvalue weighted by Gasteiger charge is -2.34. The summed E-state index contributed by atoms with van der Waals surface area (Å²) < 4.78 is 0. The lowest BCUT2D eigenvalue weighted by atomic mass is 9.81. The maximum Gasteiger partial charge on any atom is 0.238 e. The second-order valence-corrected chi connectivity index (χ2v) is 6.13. The van der Waals surface area contributed by atoms with Gasteiger partial charge in [0.15, 0.2) is 0 Å². The van der Waals surface area contributed by atoms with Gasteiger partial charge in [-0.1, -0.05) is 20.8 Å². The molecule has 0 saturated carbocycles. The van der Waals surface area contributed by atoms with Gasteiger partial charge in [0.25, 0.3) is 0 Å². The van der Waals surface area contributed by atoms with Gasteiger partial charge in [0.2, 0.25) is 5.91 Å². The predicted octanol–water partition coefficient (Wildman–Crippen LogP) is 1.67. The molecule has 0 aliphatic carbocycles. The highest BCUT2D eigenvalue weighted by atomic mass is 16.2. The highest BCUT2D eigenvalue weighted by molar-refractivity contribution is 5.82. The molecule has 0 aliphatic rings. The molecule has 1 atom stereocenters. The summed E-state index contributed by atoms with van der Waals surface area (Å²) in [6, 6.07) is -0.607. The Hall–Kier alpha value is -1.01. The summed E-state index contributed by atoms with van der Waals surface area (Å²) in [6.45, 7) is 10.4. The largest absolute Gasteiger partial charge is 0.350 e. The second-order valence-electron chi connectivity index (χ2n) is 6.13. The van der Waals surface area contributed by atoms with Crippen molar-refractivity contribution >= 4 is 5.91 Å². The molecule has 0 saturated heterocycles. The van der Waals surface area contributed by atoms with E-state index in [1.54, 1.807) is 0 Å². The zero-order valence-electron chi connectivity index (χ0n) is 11.1. The van der Waals surface area contributed by atoms with Gasteiger partial charge in [0.1, 0.15) is 0 Å². The summed E-state index contributed by atoms with van der Waals surface area (Å²) >= 11 is 0. The number of nitrogens with two attached hydrogens (primary N) is 1. The fourth-order valence-electron chi connectivity index (χ4n) is 2.02. The summed E-state index contributed by atoms with van der Waals surface area (Å²) in [5.41, 5.74) is 5.54. The highest BCUT2D eigenvalue weighted by Crippen LogP contribution is 2.26. The maximum atomic E-state index is 11.7. The normalized spacial score (nSPS) is 14.1. The first-order chi connectivity index (χ1) is 7.07. The van der Waals surface area contributed by atoms with E-state index >= 15 is 0 Å². The van der Waals surface area contributed by atoms with E-state index in [9.17, 15) is 4.79 Å². The van der Waals surface area contributed by atoms with E-state index in [1.165, 1.54) is 0 Å². The molecule has 0 fully saturated rings. The van der Waals surface area contributed by atoms with Crippen LogP contribution in [0.4, 0.5) is 0 Å². The van der Waals surface area contributed by atoms with E-state index in [0.29, 0.717) is 0 Å². The van der Waals surface area contributed by atoms with Crippen LogP contribution in [-0.4, -0.2) is 17.5 Å². The molecule has 3 heteroatoms. The Labute approximate surface area is 99.2 Å².